The van der Waals surface area contributed by atoms with E-state index in [-0.39, 0.29) is 6.09 Å². The van der Waals surface area contributed by atoms with Crippen molar-refractivity contribution in [3.63, 3.8) is 0 Å². The summed E-state index contributed by atoms with van der Waals surface area (Å²) in [5.74, 6) is 0.659. The summed E-state index contributed by atoms with van der Waals surface area (Å²) in [6.07, 6.45) is 1.51. The number of rotatable bonds is 1. The van der Waals surface area contributed by atoms with Gasteiger partial charge in [0, 0.05) is 11.6 Å². The summed E-state index contributed by atoms with van der Waals surface area (Å²) in [6, 6.07) is 10.2. The van der Waals surface area contributed by atoms with Gasteiger partial charge in [0.1, 0.15) is 0 Å². The summed E-state index contributed by atoms with van der Waals surface area (Å²) in [6.45, 7) is 8.06. The van der Waals surface area contributed by atoms with Crippen molar-refractivity contribution in [3.05, 3.63) is 58.1 Å². The first-order valence-corrected chi connectivity index (χ1v) is 7.00. The first-order chi connectivity index (χ1) is 9.95. The molecule has 106 valence electrons. The fourth-order valence-corrected chi connectivity index (χ4v) is 2.64. The van der Waals surface area contributed by atoms with Crippen molar-refractivity contribution in [3.8, 4) is 5.75 Å². The summed E-state index contributed by atoms with van der Waals surface area (Å²) in [5.41, 5.74) is 6.24. The van der Waals surface area contributed by atoms with Crippen molar-refractivity contribution in [2.45, 2.75) is 27.7 Å². The van der Waals surface area contributed by atoms with Crippen LogP contribution in [-0.4, -0.2) is 16.9 Å². The second-order valence-electron chi connectivity index (χ2n) is 5.66. The SMILES string of the molecule is Cc1ccc(C)c(/C=[N+]2/C(=O)Oc3c(C)cc(C)cc32)c1. The number of carbonyl (C=O) groups excluding carboxylic acids is 1. The van der Waals surface area contributed by atoms with Gasteiger partial charge in [0.2, 0.25) is 5.75 Å². The summed E-state index contributed by atoms with van der Waals surface area (Å²) in [5, 5.41) is 0. The van der Waals surface area contributed by atoms with Gasteiger partial charge in [-0.3, -0.25) is 0 Å². The summed E-state index contributed by atoms with van der Waals surface area (Å²) in [4.78, 5) is 12.2. The topological polar surface area (TPSA) is 29.3 Å². The van der Waals surface area contributed by atoms with Gasteiger partial charge < -0.3 is 4.74 Å². The number of carbonyl (C=O) groups is 1. The molecule has 1 heterocycles. The molecule has 3 nitrogen and oxygen atoms in total. The molecule has 3 heteroatoms. The Morgan fingerprint density at radius 2 is 1.71 bits per heavy atom. The number of amides is 1. The zero-order valence-corrected chi connectivity index (χ0v) is 12.7. The normalized spacial score (nSPS) is 15.2. The van der Waals surface area contributed by atoms with Gasteiger partial charge in [-0.25, -0.2) is 0 Å². The van der Waals surface area contributed by atoms with Crippen molar-refractivity contribution >= 4 is 18.0 Å². The number of fused-ring (bicyclic) bond motifs is 1. The first-order valence-electron chi connectivity index (χ1n) is 7.00. The molecular formula is C18H18NO2+. The van der Waals surface area contributed by atoms with Gasteiger partial charge in [-0.05, 0) is 50.5 Å². The van der Waals surface area contributed by atoms with Crippen LogP contribution in [0, 0.1) is 27.7 Å². The molecule has 0 atom stereocenters. The molecule has 3 rings (SSSR count). The quantitative estimate of drug-likeness (QED) is 0.733. The highest BCUT2D eigenvalue weighted by molar-refractivity contribution is 5.87. The fraction of sp³-hybridized carbons (Fsp3) is 0.222. The third-order valence-corrected chi connectivity index (χ3v) is 3.75. The lowest BCUT2D eigenvalue weighted by Gasteiger charge is -2.00. The lowest BCUT2D eigenvalue weighted by Crippen LogP contribution is -2.14. The van der Waals surface area contributed by atoms with Crippen molar-refractivity contribution in [2.75, 3.05) is 0 Å². The number of hydrogen-bond donors (Lipinski definition) is 0. The van der Waals surface area contributed by atoms with Gasteiger partial charge in [0.25, 0.3) is 5.69 Å². The Morgan fingerprint density at radius 1 is 0.952 bits per heavy atom. The second kappa shape index (κ2) is 4.85. The molecule has 0 saturated heterocycles. The maximum atomic E-state index is 12.2. The molecule has 1 aliphatic rings. The van der Waals surface area contributed by atoms with Crippen molar-refractivity contribution in [2.24, 2.45) is 0 Å². The van der Waals surface area contributed by atoms with Crippen LogP contribution in [0.3, 0.4) is 0 Å². The third-order valence-electron chi connectivity index (χ3n) is 3.75. The van der Waals surface area contributed by atoms with Gasteiger partial charge in [-0.2, -0.15) is 4.79 Å². The molecule has 0 radical (unpaired) electrons. The largest absolute Gasteiger partial charge is 0.608 e. The van der Waals surface area contributed by atoms with Gasteiger partial charge in [0.05, 0.1) is 0 Å². The number of nitrogens with zero attached hydrogens (tertiary/aromatic N) is 1. The lowest BCUT2D eigenvalue weighted by molar-refractivity contribution is -0.328. The summed E-state index contributed by atoms with van der Waals surface area (Å²) in [7, 11) is 0. The molecule has 1 aliphatic heterocycles. The summed E-state index contributed by atoms with van der Waals surface area (Å²) < 4.78 is 7.00. The Kier molecular flexibility index (Phi) is 3.13. The van der Waals surface area contributed by atoms with Crippen LogP contribution in [0.15, 0.2) is 30.3 Å². The fourth-order valence-electron chi connectivity index (χ4n) is 2.64. The predicted octanol–water partition coefficient (Wildman–Crippen LogP) is 4.20. The molecule has 0 spiro atoms. The van der Waals surface area contributed by atoms with Gasteiger partial charge in [-0.15, -0.1) is 0 Å². The standard InChI is InChI=1S/C18H18NO2/c1-11-5-6-13(3)15(8-11)10-19-16-9-12(2)7-14(4)17(16)21-18(19)20/h5-10H,1-4H3/q+1/b19-10+. The molecule has 0 aliphatic carbocycles. The maximum absolute atomic E-state index is 12.2. The number of benzene rings is 2. The van der Waals surface area contributed by atoms with E-state index in [2.05, 4.69) is 18.2 Å². The summed E-state index contributed by atoms with van der Waals surface area (Å²) >= 11 is 0. The van der Waals surface area contributed by atoms with Crippen molar-refractivity contribution in [1.29, 1.82) is 0 Å². The molecule has 2 aromatic rings. The average Bonchev–Trinajstić information content (AvgIpc) is 2.72. The second-order valence-corrected chi connectivity index (χ2v) is 5.66. The van der Waals surface area contributed by atoms with Crippen LogP contribution >= 0.6 is 0 Å². The molecule has 0 aromatic heterocycles. The molecule has 1 amide bonds. The number of ether oxygens (including phenoxy) is 1. The minimum atomic E-state index is -0.348. The van der Waals surface area contributed by atoms with Crippen LogP contribution in [0.25, 0.3) is 0 Å². The van der Waals surface area contributed by atoms with Crippen molar-refractivity contribution < 1.29 is 14.1 Å². The van der Waals surface area contributed by atoms with Crippen LogP contribution in [-0.2, 0) is 0 Å². The van der Waals surface area contributed by atoms with Crippen LogP contribution in [0.4, 0.5) is 10.5 Å². The Morgan fingerprint density at radius 3 is 2.48 bits per heavy atom. The minimum Gasteiger partial charge on any atom is -0.365 e. The first kappa shape index (κ1) is 13.6. The average molecular weight is 280 g/mol. The van der Waals surface area contributed by atoms with E-state index in [1.54, 1.807) is 4.58 Å². The van der Waals surface area contributed by atoms with E-state index in [1.807, 2.05) is 46.0 Å². The lowest BCUT2D eigenvalue weighted by atomic mass is 10.1. The zero-order valence-electron chi connectivity index (χ0n) is 12.7. The number of hydrogen-bond acceptors (Lipinski definition) is 2. The van der Waals surface area contributed by atoms with Gasteiger partial charge in [0.15, 0.2) is 6.21 Å². The van der Waals surface area contributed by atoms with E-state index in [9.17, 15) is 4.79 Å². The smallest absolute Gasteiger partial charge is 0.365 e. The van der Waals surface area contributed by atoms with E-state index in [0.717, 1.165) is 27.9 Å². The van der Waals surface area contributed by atoms with Crippen LogP contribution in [0.5, 0.6) is 5.75 Å². The van der Waals surface area contributed by atoms with E-state index in [4.69, 9.17) is 4.74 Å². The van der Waals surface area contributed by atoms with Crippen LogP contribution in [0.2, 0.25) is 0 Å². The molecule has 2 aromatic carbocycles. The molecule has 0 fully saturated rings. The van der Waals surface area contributed by atoms with E-state index in [1.165, 1.54) is 5.56 Å². The monoisotopic (exact) mass is 280 g/mol. The van der Waals surface area contributed by atoms with Crippen LogP contribution in [0.1, 0.15) is 27.8 Å². The zero-order chi connectivity index (χ0) is 15.1. The highest BCUT2D eigenvalue weighted by Gasteiger charge is 2.37. The Labute approximate surface area is 124 Å². The molecule has 0 bridgehead atoms. The Balaban J connectivity index is 2.19. The van der Waals surface area contributed by atoms with Gasteiger partial charge >= 0.3 is 6.09 Å². The molecule has 0 N–H and O–H groups in total. The number of aryl methyl sites for hydroxylation is 4. The molecule has 21 heavy (non-hydrogen) atoms. The third kappa shape index (κ3) is 2.35. The minimum absolute atomic E-state index is 0.348. The Hall–Kier alpha value is -2.42. The highest BCUT2D eigenvalue weighted by Crippen LogP contribution is 2.37. The molecule has 0 saturated carbocycles. The van der Waals surface area contributed by atoms with E-state index < -0.39 is 0 Å². The molecule has 0 unspecified atom stereocenters. The highest BCUT2D eigenvalue weighted by atomic mass is 16.6. The van der Waals surface area contributed by atoms with E-state index in [0.29, 0.717) is 5.75 Å². The van der Waals surface area contributed by atoms with Crippen LogP contribution < -0.4 is 4.74 Å². The Bertz CT molecular complexity index is 788. The van der Waals surface area contributed by atoms with Crippen molar-refractivity contribution in [1.82, 2.24) is 0 Å². The maximum Gasteiger partial charge on any atom is 0.608 e. The van der Waals surface area contributed by atoms with Gasteiger partial charge in [-0.1, -0.05) is 28.3 Å². The van der Waals surface area contributed by atoms with E-state index >= 15 is 0 Å². The molecular weight excluding hydrogens is 262 g/mol. The predicted molar refractivity (Wildman–Crippen MR) is 82.9 cm³/mol.